The summed E-state index contributed by atoms with van der Waals surface area (Å²) in [6, 6.07) is 0.662. The monoisotopic (exact) mass is 158 g/mol. The molecule has 0 aliphatic rings. The molecule has 0 aliphatic heterocycles. The van der Waals surface area contributed by atoms with Crippen LogP contribution in [-0.2, 0) is 0 Å². The summed E-state index contributed by atoms with van der Waals surface area (Å²) < 4.78 is 0. The van der Waals surface area contributed by atoms with Crippen molar-refractivity contribution in [3.63, 3.8) is 0 Å². The van der Waals surface area contributed by atoms with E-state index in [9.17, 15) is 0 Å². The second kappa shape index (κ2) is 5.56. The highest BCUT2D eigenvalue weighted by Gasteiger charge is 2.13. The normalized spacial score (nSPS) is 14.5. The fourth-order valence-corrected chi connectivity index (χ4v) is 1.31. The molecule has 0 bridgehead atoms. The van der Waals surface area contributed by atoms with Crippen LogP contribution >= 0.6 is 0 Å². The molecule has 2 heteroatoms. The van der Waals surface area contributed by atoms with E-state index in [1.165, 1.54) is 0 Å². The van der Waals surface area contributed by atoms with Gasteiger partial charge in [-0.2, -0.15) is 0 Å². The Labute approximate surface area is 71.0 Å². The molecule has 0 aromatic heterocycles. The molecule has 0 rings (SSSR count). The molecule has 11 heavy (non-hydrogen) atoms. The van der Waals surface area contributed by atoms with Crippen LogP contribution in [-0.4, -0.2) is 38.1 Å². The smallest absolute Gasteiger partial charge is 0.0237 e. The topological polar surface area (TPSA) is 15.3 Å². The molecule has 0 aromatic carbocycles. The van der Waals surface area contributed by atoms with Gasteiger partial charge in [0.1, 0.15) is 0 Å². The Bertz CT molecular complexity index is 81.6. The van der Waals surface area contributed by atoms with Gasteiger partial charge in [0.25, 0.3) is 0 Å². The van der Waals surface area contributed by atoms with Gasteiger partial charge in [-0.3, -0.25) is 0 Å². The van der Waals surface area contributed by atoms with Crippen molar-refractivity contribution < 1.29 is 0 Å². The zero-order valence-electron chi connectivity index (χ0n) is 8.52. The van der Waals surface area contributed by atoms with Crippen LogP contribution in [0.3, 0.4) is 0 Å². The zero-order valence-corrected chi connectivity index (χ0v) is 8.52. The molecule has 0 spiro atoms. The lowest BCUT2D eigenvalue weighted by Crippen LogP contribution is -2.41. The van der Waals surface area contributed by atoms with E-state index in [1.54, 1.807) is 0 Å². The summed E-state index contributed by atoms with van der Waals surface area (Å²) in [5.74, 6) is 0.726. The summed E-state index contributed by atoms with van der Waals surface area (Å²) in [5.41, 5.74) is 0. The van der Waals surface area contributed by atoms with Crippen LogP contribution in [0.1, 0.15) is 20.8 Å². The van der Waals surface area contributed by atoms with Crippen LogP contribution < -0.4 is 5.32 Å². The Balaban J connectivity index is 3.70. The first-order valence-corrected chi connectivity index (χ1v) is 4.46. The maximum atomic E-state index is 3.37. The van der Waals surface area contributed by atoms with Gasteiger partial charge in [0.05, 0.1) is 0 Å². The first-order chi connectivity index (χ1) is 5.09. The van der Waals surface area contributed by atoms with E-state index in [4.69, 9.17) is 0 Å². The molecule has 0 aromatic rings. The predicted octanol–water partition coefficient (Wildman–Crippen LogP) is 1.18. The highest BCUT2D eigenvalue weighted by Crippen LogP contribution is 2.05. The second-order valence-corrected chi connectivity index (χ2v) is 3.58. The van der Waals surface area contributed by atoms with Crippen LogP contribution in [0.15, 0.2) is 0 Å². The Morgan fingerprint density at radius 3 is 2.09 bits per heavy atom. The summed E-state index contributed by atoms with van der Waals surface area (Å²) in [6.07, 6.45) is 0. The molecule has 1 N–H and O–H groups in total. The lowest BCUT2D eigenvalue weighted by atomic mass is 10.0. The molecular formula is C9H22N2. The van der Waals surface area contributed by atoms with Gasteiger partial charge < -0.3 is 10.2 Å². The van der Waals surface area contributed by atoms with E-state index in [1.807, 2.05) is 0 Å². The first-order valence-electron chi connectivity index (χ1n) is 4.46. The SMILES string of the molecule is CCNCC(C(C)C)N(C)C. The molecule has 1 atom stereocenters. The summed E-state index contributed by atoms with van der Waals surface area (Å²) >= 11 is 0. The van der Waals surface area contributed by atoms with Gasteiger partial charge in [-0.05, 0) is 26.6 Å². The maximum absolute atomic E-state index is 3.37. The van der Waals surface area contributed by atoms with E-state index < -0.39 is 0 Å². The fraction of sp³-hybridized carbons (Fsp3) is 1.00. The Kier molecular flexibility index (Phi) is 5.51. The third-order valence-corrected chi connectivity index (χ3v) is 2.04. The minimum atomic E-state index is 0.662. The standard InChI is InChI=1S/C9H22N2/c1-6-10-7-9(8(2)3)11(4)5/h8-10H,6-7H2,1-5H3. The quantitative estimate of drug-likeness (QED) is 0.646. The van der Waals surface area contributed by atoms with E-state index in [0.29, 0.717) is 6.04 Å². The van der Waals surface area contributed by atoms with Crippen molar-refractivity contribution in [1.29, 1.82) is 0 Å². The number of hydrogen-bond acceptors (Lipinski definition) is 2. The van der Waals surface area contributed by atoms with Crippen molar-refractivity contribution in [2.75, 3.05) is 27.2 Å². The molecule has 68 valence electrons. The summed E-state index contributed by atoms with van der Waals surface area (Å²) in [5, 5.41) is 3.37. The van der Waals surface area contributed by atoms with Gasteiger partial charge in [0.15, 0.2) is 0 Å². The Hall–Kier alpha value is -0.0800. The zero-order chi connectivity index (χ0) is 8.85. The molecule has 0 fully saturated rings. The van der Waals surface area contributed by atoms with Crippen molar-refractivity contribution in [1.82, 2.24) is 10.2 Å². The van der Waals surface area contributed by atoms with Gasteiger partial charge in [-0.25, -0.2) is 0 Å². The minimum Gasteiger partial charge on any atom is -0.315 e. The highest BCUT2D eigenvalue weighted by molar-refractivity contribution is 4.71. The largest absolute Gasteiger partial charge is 0.315 e. The number of nitrogens with one attached hydrogen (secondary N) is 1. The van der Waals surface area contributed by atoms with Crippen LogP contribution in [0.5, 0.6) is 0 Å². The lowest BCUT2D eigenvalue weighted by molar-refractivity contribution is 0.226. The Morgan fingerprint density at radius 1 is 1.27 bits per heavy atom. The molecule has 1 unspecified atom stereocenters. The fourth-order valence-electron chi connectivity index (χ4n) is 1.31. The molecule has 0 saturated heterocycles. The Morgan fingerprint density at radius 2 is 1.82 bits per heavy atom. The minimum absolute atomic E-state index is 0.662. The molecule has 0 heterocycles. The average molecular weight is 158 g/mol. The van der Waals surface area contributed by atoms with Crippen molar-refractivity contribution in [3.05, 3.63) is 0 Å². The first kappa shape index (κ1) is 10.9. The average Bonchev–Trinajstić information content (AvgIpc) is 1.87. The molecule has 2 nitrogen and oxygen atoms in total. The maximum Gasteiger partial charge on any atom is 0.0237 e. The highest BCUT2D eigenvalue weighted by atomic mass is 15.1. The third kappa shape index (κ3) is 4.38. The van der Waals surface area contributed by atoms with Gasteiger partial charge >= 0.3 is 0 Å². The van der Waals surface area contributed by atoms with E-state index in [-0.39, 0.29) is 0 Å². The lowest BCUT2D eigenvalue weighted by Gasteiger charge is -2.27. The summed E-state index contributed by atoms with van der Waals surface area (Å²) in [4.78, 5) is 2.29. The third-order valence-electron chi connectivity index (χ3n) is 2.04. The van der Waals surface area contributed by atoms with Crippen LogP contribution in [0, 0.1) is 5.92 Å². The summed E-state index contributed by atoms with van der Waals surface area (Å²) in [7, 11) is 4.28. The molecular weight excluding hydrogens is 136 g/mol. The number of hydrogen-bond donors (Lipinski definition) is 1. The molecule has 0 saturated carbocycles. The van der Waals surface area contributed by atoms with Crippen LogP contribution in [0.4, 0.5) is 0 Å². The van der Waals surface area contributed by atoms with Gasteiger partial charge in [0, 0.05) is 12.6 Å². The van der Waals surface area contributed by atoms with Crippen molar-refractivity contribution in [2.45, 2.75) is 26.8 Å². The van der Waals surface area contributed by atoms with Crippen LogP contribution in [0.25, 0.3) is 0 Å². The van der Waals surface area contributed by atoms with Gasteiger partial charge in [0.2, 0.25) is 0 Å². The van der Waals surface area contributed by atoms with Crippen molar-refractivity contribution >= 4 is 0 Å². The van der Waals surface area contributed by atoms with Gasteiger partial charge in [-0.15, -0.1) is 0 Å². The van der Waals surface area contributed by atoms with E-state index >= 15 is 0 Å². The predicted molar refractivity (Wildman–Crippen MR) is 50.9 cm³/mol. The number of rotatable bonds is 5. The summed E-state index contributed by atoms with van der Waals surface area (Å²) in [6.45, 7) is 8.84. The van der Waals surface area contributed by atoms with Crippen LogP contribution in [0.2, 0.25) is 0 Å². The molecule has 0 aliphatic carbocycles. The van der Waals surface area contributed by atoms with E-state index in [2.05, 4.69) is 45.1 Å². The number of nitrogens with zero attached hydrogens (tertiary/aromatic N) is 1. The second-order valence-electron chi connectivity index (χ2n) is 3.58. The van der Waals surface area contributed by atoms with Gasteiger partial charge in [-0.1, -0.05) is 20.8 Å². The van der Waals surface area contributed by atoms with Crippen molar-refractivity contribution in [3.8, 4) is 0 Å². The molecule has 0 amide bonds. The van der Waals surface area contributed by atoms with E-state index in [0.717, 1.165) is 19.0 Å². The van der Waals surface area contributed by atoms with Crippen molar-refractivity contribution in [2.24, 2.45) is 5.92 Å². The molecule has 0 radical (unpaired) electrons. The number of likely N-dealkylation sites (N-methyl/N-ethyl adjacent to an activating group) is 2.